The summed E-state index contributed by atoms with van der Waals surface area (Å²) in [6.45, 7) is 4.00. The third-order valence-electron chi connectivity index (χ3n) is 3.01. The van der Waals surface area contributed by atoms with Crippen LogP contribution in [0.3, 0.4) is 0 Å². The van der Waals surface area contributed by atoms with Crippen molar-refractivity contribution in [3.63, 3.8) is 0 Å². The van der Waals surface area contributed by atoms with Crippen LogP contribution in [-0.4, -0.2) is 9.78 Å². The Kier molecular flexibility index (Phi) is 3.61. The summed E-state index contributed by atoms with van der Waals surface area (Å²) >= 11 is 0. The maximum absolute atomic E-state index is 13.1. The number of aryl methyl sites for hydroxylation is 1. The molecule has 0 aliphatic carbocycles. The largest absolute Gasteiger partial charge is 0.394 e. The molecule has 1 aromatic heterocycles. The van der Waals surface area contributed by atoms with Gasteiger partial charge in [-0.05, 0) is 24.1 Å². The molecule has 2 aromatic rings. The van der Waals surface area contributed by atoms with Gasteiger partial charge in [-0.15, -0.1) is 0 Å². The lowest BCUT2D eigenvalue weighted by atomic mass is 10.1. The summed E-state index contributed by atoms with van der Waals surface area (Å²) in [6.07, 6.45) is 0. The Balaban J connectivity index is 2.43. The Morgan fingerprint density at radius 2 is 2.15 bits per heavy atom. The standard InChI is InChI=1S/C14H16FN5/c1-8(2)13-12(17)14(20(3)19-13)18-11-5-4-10(15)6-9(11)7-16/h4-6,8,18H,17H2,1-3H3. The molecule has 1 aromatic carbocycles. The van der Waals surface area contributed by atoms with E-state index < -0.39 is 5.82 Å². The van der Waals surface area contributed by atoms with Crippen LogP contribution < -0.4 is 11.1 Å². The van der Waals surface area contributed by atoms with Crippen molar-refractivity contribution in [2.75, 3.05) is 11.1 Å². The summed E-state index contributed by atoms with van der Waals surface area (Å²) in [6, 6.07) is 5.93. The maximum Gasteiger partial charge on any atom is 0.152 e. The number of nitriles is 1. The first-order valence-electron chi connectivity index (χ1n) is 6.23. The molecule has 3 N–H and O–H groups in total. The second-order valence-electron chi connectivity index (χ2n) is 4.85. The number of nitrogen functional groups attached to an aromatic ring is 1. The Morgan fingerprint density at radius 1 is 1.45 bits per heavy atom. The van der Waals surface area contributed by atoms with E-state index in [0.717, 1.165) is 5.69 Å². The van der Waals surface area contributed by atoms with E-state index in [-0.39, 0.29) is 11.5 Å². The zero-order valence-corrected chi connectivity index (χ0v) is 11.6. The first-order chi connectivity index (χ1) is 9.43. The van der Waals surface area contributed by atoms with E-state index in [2.05, 4.69) is 10.4 Å². The third kappa shape index (κ3) is 2.43. The van der Waals surface area contributed by atoms with Crippen molar-refractivity contribution in [2.45, 2.75) is 19.8 Å². The van der Waals surface area contributed by atoms with E-state index in [0.29, 0.717) is 17.2 Å². The molecule has 0 fully saturated rings. The number of benzene rings is 1. The zero-order valence-electron chi connectivity index (χ0n) is 11.6. The quantitative estimate of drug-likeness (QED) is 0.901. The van der Waals surface area contributed by atoms with Crippen molar-refractivity contribution in [3.05, 3.63) is 35.3 Å². The van der Waals surface area contributed by atoms with E-state index in [9.17, 15) is 4.39 Å². The molecule has 0 saturated heterocycles. The summed E-state index contributed by atoms with van der Waals surface area (Å²) in [7, 11) is 1.76. The minimum Gasteiger partial charge on any atom is -0.394 e. The molecular weight excluding hydrogens is 257 g/mol. The van der Waals surface area contributed by atoms with E-state index in [1.54, 1.807) is 11.7 Å². The van der Waals surface area contributed by atoms with Crippen LogP contribution >= 0.6 is 0 Å². The van der Waals surface area contributed by atoms with Crippen molar-refractivity contribution in [1.82, 2.24) is 9.78 Å². The van der Waals surface area contributed by atoms with Gasteiger partial charge in [0.2, 0.25) is 0 Å². The van der Waals surface area contributed by atoms with Gasteiger partial charge >= 0.3 is 0 Å². The molecule has 20 heavy (non-hydrogen) atoms. The SMILES string of the molecule is CC(C)c1nn(C)c(Nc2ccc(F)cc2C#N)c1N. The monoisotopic (exact) mass is 273 g/mol. The maximum atomic E-state index is 13.1. The van der Waals surface area contributed by atoms with Crippen LogP contribution in [0.15, 0.2) is 18.2 Å². The number of hydrogen-bond acceptors (Lipinski definition) is 4. The van der Waals surface area contributed by atoms with Gasteiger partial charge in [0.05, 0.1) is 22.6 Å². The van der Waals surface area contributed by atoms with Crippen molar-refractivity contribution in [1.29, 1.82) is 5.26 Å². The van der Waals surface area contributed by atoms with Gasteiger partial charge in [-0.25, -0.2) is 4.39 Å². The molecule has 0 aliphatic rings. The van der Waals surface area contributed by atoms with Crippen molar-refractivity contribution in [3.8, 4) is 6.07 Å². The smallest absolute Gasteiger partial charge is 0.152 e. The van der Waals surface area contributed by atoms with Crippen LogP contribution in [0.2, 0.25) is 0 Å². The lowest BCUT2D eigenvalue weighted by Crippen LogP contribution is -2.03. The fourth-order valence-electron chi connectivity index (χ4n) is 1.98. The summed E-state index contributed by atoms with van der Waals surface area (Å²) < 4.78 is 14.7. The summed E-state index contributed by atoms with van der Waals surface area (Å²) in [5.74, 6) is 0.338. The lowest BCUT2D eigenvalue weighted by Gasteiger charge is -2.09. The molecule has 0 saturated carbocycles. The average molecular weight is 273 g/mol. The first kappa shape index (κ1) is 13.9. The van der Waals surface area contributed by atoms with E-state index in [1.807, 2.05) is 19.9 Å². The predicted molar refractivity (Wildman–Crippen MR) is 76.1 cm³/mol. The Bertz CT molecular complexity index is 682. The van der Waals surface area contributed by atoms with Gasteiger partial charge in [0, 0.05) is 7.05 Å². The van der Waals surface area contributed by atoms with Crippen LogP contribution in [0.1, 0.15) is 31.0 Å². The first-order valence-corrected chi connectivity index (χ1v) is 6.23. The van der Waals surface area contributed by atoms with Crippen LogP contribution in [0.4, 0.5) is 21.6 Å². The van der Waals surface area contributed by atoms with Crippen LogP contribution in [-0.2, 0) is 7.05 Å². The summed E-state index contributed by atoms with van der Waals surface area (Å²) in [5, 5.41) is 16.4. The minimum absolute atomic E-state index is 0.195. The van der Waals surface area contributed by atoms with E-state index >= 15 is 0 Å². The molecule has 5 nitrogen and oxygen atoms in total. The predicted octanol–water partition coefficient (Wildman–Crippen LogP) is 2.88. The van der Waals surface area contributed by atoms with E-state index in [1.165, 1.54) is 18.2 Å². The molecular formula is C14H16FN5. The second-order valence-corrected chi connectivity index (χ2v) is 4.85. The highest BCUT2D eigenvalue weighted by Crippen LogP contribution is 2.31. The summed E-state index contributed by atoms with van der Waals surface area (Å²) in [5.41, 5.74) is 8.12. The normalized spacial score (nSPS) is 10.6. The minimum atomic E-state index is -0.451. The molecule has 104 valence electrons. The van der Waals surface area contributed by atoms with Crippen molar-refractivity contribution in [2.24, 2.45) is 7.05 Å². The average Bonchev–Trinajstić information content (AvgIpc) is 2.68. The number of hydrogen-bond donors (Lipinski definition) is 2. The Morgan fingerprint density at radius 3 is 2.70 bits per heavy atom. The van der Waals surface area contributed by atoms with Crippen LogP contribution in [0.5, 0.6) is 0 Å². The van der Waals surface area contributed by atoms with Gasteiger partial charge in [0.15, 0.2) is 5.82 Å². The van der Waals surface area contributed by atoms with E-state index in [4.69, 9.17) is 11.0 Å². The number of rotatable bonds is 3. The number of anilines is 3. The lowest BCUT2D eigenvalue weighted by molar-refractivity contribution is 0.627. The number of halogens is 1. The van der Waals surface area contributed by atoms with Gasteiger partial charge in [0.1, 0.15) is 11.9 Å². The number of nitrogens with one attached hydrogen (secondary N) is 1. The Hall–Kier alpha value is -2.55. The highest BCUT2D eigenvalue weighted by Gasteiger charge is 2.17. The fraction of sp³-hybridized carbons (Fsp3) is 0.286. The molecule has 6 heteroatoms. The molecule has 0 spiro atoms. The molecule has 1 heterocycles. The topological polar surface area (TPSA) is 79.7 Å². The molecule has 0 unspecified atom stereocenters. The van der Waals surface area contributed by atoms with Crippen molar-refractivity contribution >= 4 is 17.2 Å². The van der Waals surface area contributed by atoms with Gasteiger partial charge in [-0.3, -0.25) is 4.68 Å². The highest BCUT2D eigenvalue weighted by molar-refractivity contribution is 5.74. The molecule has 0 aliphatic heterocycles. The van der Waals surface area contributed by atoms with Gasteiger partial charge < -0.3 is 11.1 Å². The number of nitrogens with two attached hydrogens (primary N) is 1. The molecule has 2 rings (SSSR count). The number of aromatic nitrogens is 2. The van der Waals surface area contributed by atoms with Crippen LogP contribution in [0.25, 0.3) is 0 Å². The molecule has 0 amide bonds. The van der Waals surface area contributed by atoms with Crippen LogP contribution in [0, 0.1) is 17.1 Å². The zero-order chi connectivity index (χ0) is 14.9. The fourth-order valence-corrected chi connectivity index (χ4v) is 1.98. The number of nitrogens with zero attached hydrogens (tertiary/aromatic N) is 3. The molecule has 0 bridgehead atoms. The molecule has 0 atom stereocenters. The third-order valence-corrected chi connectivity index (χ3v) is 3.01. The molecule has 0 radical (unpaired) electrons. The van der Waals surface area contributed by atoms with Gasteiger partial charge in [-0.1, -0.05) is 13.8 Å². The summed E-state index contributed by atoms with van der Waals surface area (Å²) in [4.78, 5) is 0. The Labute approximate surface area is 116 Å². The second kappa shape index (κ2) is 5.21. The highest BCUT2D eigenvalue weighted by atomic mass is 19.1. The van der Waals surface area contributed by atoms with Crippen molar-refractivity contribution < 1.29 is 4.39 Å². The van der Waals surface area contributed by atoms with Gasteiger partial charge in [0.25, 0.3) is 0 Å². The van der Waals surface area contributed by atoms with Gasteiger partial charge in [-0.2, -0.15) is 10.4 Å².